The van der Waals surface area contributed by atoms with E-state index in [9.17, 15) is 4.79 Å². The predicted molar refractivity (Wildman–Crippen MR) is 153 cm³/mol. The lowest BCUT2D eigenvalue weighted by atomic mass is 10.0. The number of amides is 1. The van der Waals surface area contributed by atoms with E-state index in [1.807, 2.05) is 35.4 Å². The Hall–Kier alpha value is -3.56. The van der Waals surface area contributed by atoms with Crippen LogP contribution in [0.15, 0.2) is 54.9 Å². The van der Waals surface area contributed by atoms with Gasteiger partial charge in [0.25, 0.3) is 0 Å². The monoisotopic (exact) mass is 542 g/mol. The lowest BCUT2D eigenvalue weighted by molar-refractivity contribution is -0.128. The molecule has 2 aromatic carbocycles. The number of hydrogen-bond donors (Lipinski definition) is 1. The van der Waals surface area contributed by atoms with Crippen LogP contribution in [0.4, 0.5) is 0 Å². The van der Waals surface area contributed by atoms with Gasteiger partial charge in [0.05, 0.1) is 0 Å². The summed E-state index contributed by atoms with van der Waals surface area (Å²) in [5, 5.41) is 14.1. The molecule has 0 saturated carbocycles. The highest BCUT2D eigenvalue weighted by atomic mass is 32.1. The van der Waals surface area contributed by atoms with Gasteiger partial charge in [0, 0.05) is 60.6 Å². The summed E-state index contributed by atoms with van der Waals surface area (Å²) in [6.07, 6.45) is 7.66. The Balaban J connectivity index is 1.29. The van der Waals surface area contributed by atoms with Crippen molar-refractivity contribution in [2.45, 2.75) is 58.0 Å². The summed E-state index contributed by atoms with van der Waals surface area (Å²) in [7, 11) is 0. The number of hydrogen-bond acceptors (Lipinski definition) is 7. The molecule has 2 aliphatic rings. The van der Waals surface area contributed by atoms with Crippen LogP contribution in [0.3, 0.4) is 0 Å². The number of piperidine rings is 1. The van der Waals surface area contributed by atoms with Crippen molar-refractivity contribution in [1.82, 2.24) is 30.0 Å². The summed E-state index contributed by atoms with van der Waals surface area (Å²) < 4.78 is 8.79. The topological polar surface area (TPSA) is 85.2 Å². The molecule has 0 radical (unpaired) electrons. The van der Waals surface area contributed by atoms with Gasteiger partial charge in [-0.15, -0.1) is 10.2 Å². The van der Waals surface area contributed by atoms with Gasteiger partial charge < -0.3 is 19.5 Å². The highest BCUT2D eigenvalue weighted by Crippen LogP contribution is 2.35. The first-order valence-electron chi connectivity index (χ1n) is 13.8. The van der Waals surface area contributed by atoms with Gasteiger partial charge in [-0.3, -0.25) is 4.79 Å². The number of nitrogens with one attached hydrogen (secondary N) is 1. The van der Waals surface area contributed by atoms with Gasteiger partial charge in [-0.1, -0.05) is 37.3 Å². The second-order valence-corrected chi connectivity index (χ2v) is 11.6. The Labute approximate surface area is 233 Å². The highest BCUT2D eigenvalue weighted by Gasteiger charge is 2.23. The van der Waals surface area contributed by atoms with Crippen LogP contribution >= 0.6 is 11.3 Å². The van der Waals surface area contributed by atoms with Crippen molar-refractivity contribution in [3.8, 4) is 33.5 Å². The lowest BCUT2D eigenvalue weighted by Gasteiger charge is -2.26. The summed E-state index contributed by atoms with van der Waals surface area (Å²) in [5.41, 5.74) is 3.02. The molecule has 1 amide bonds. The Bertz CT molecular complexity index is 1440. The zero-order valence-corrected chi connectivity index (χ0v) is 23.3. The van der Waals surface area contributed by atoms with Crippen molar-refractivity contribution in [1.29, 1.82) is 0 Å². The van der Waals surface area contributed by atoms with E-state index in [0.29, 0.717) is 24.9 Å². The fourth-order valence-corrected chi connectivity index (χ4v) is 6.14. The van der Waals surface area contributed by atoms with Crippen molar-refractivity contribution in [3.63, 3.8) is 0 Å². The summed E-state index contributed by atoms with van der Waals surface area (Å²) in [6.45, 7) is 7.62. The van der Waals surface area contributed by atoms with E-state index in [1.165, 1.54) is 0 Å². The molecule has 2 aliphatic heterocycles. The SMILES string of the molecule is CC(C)c1nnc(-c2ccc(Oc3cc(-c4nccn4C4CCNCC4)ccc3CN3CCCC3=O)cc2)s1. The third kappa shape index (κ3) is 5.60. The van der Waals surface area contributed by atoms with Crippen LogP contribution in [0.25, 0.3) is 22.0 Å². The Morgan fingerprint density at radius 1 is 1.08 bits per heavy atom. The lowest BCUT2D eigenvalue weighted by Crippen LogP contribution is -2.29. The van der Waals surface area contributed by atoms with Gasteiger partial charge in [-0.05, 0) is 62.7 Å². The molecular weight excluding hydrogens is 508 g/mol. The Morgan fingerprint density at radius 2 is 1.87 bits per heavy atom. The van der Waals surface area contributed by atoms with E-state index >= 15 is 0 Å². The van der Waals surface area contributed by atoms with Gasteiger partial charge >= 0.3 is 0 Å². The molecule has 6 rings (SSSR count). The Morgan fingerprint density at radius 3 is 2.59 bits per heavy atom. The van der Waals surface area contributed by atoms with E-state index < -0.39 is 0 Å². The molecule has 0 atom stereocenters. The van der Waals surface area contributed by atoms with Crippen LogP contribution < -0.4 is 10.1 Å². The number of carbonyl (C=O) groups excluding carboxylic acids is 1. The average molecular weight is 543 g/mol. The maximum Gasteiger partial charge on any atom is 0.222 e. The molecule has 2 saturated heterocycles. The fourth-order valence-electron chi connectivity index (χ4n) is 5.29. The smallest absolute Gasteiger partial charge is 0.222 e. The second-order valence-electron chi connectivity index (χ2n) is 10.6. The minimum atomic E-state index is 0.202. The number of ether oxygens (including phenoxy) is 1. The van der Waals surface area contributed by atoms with E-state index in [4.69, 9.17) is 9.72 Å². The molecule has 4 heterocycles. The minimum absolute atomic E-state index is 0.202. The molecule has 1 N–H and O–H groups in total. The van der Waals surface area contributed by atoms with E-state index in [2.05, 4.69) is 58.3 Å². The summed E-state index contributed by atoms with van der Waals surface area (Å²) in [5.74, 6) is 2.99. The van der Waals surface area contributed by atoms with Gasteiger partial charge in [0.2, 0.25) is 5.91 Å². The van der Waals surface area contributed by atoms with Crippen LogP contribution in [-0.4, -0.2) is 50.2 Å². The van der Waals surface area contributed by atoms with Gasteiger partial charge in [0.15, 0.2) is 0 Å². The van der Waals surface area contributed by atoms with Crippen LogP contribution in [-0.2, 0) is 11.3 Å². The summed E-state index contributed by atoms with van der Waals surface area (Å²) in [6, 6.07) is 14.7. The van der Waals surface area contributed by atoms with Crippen molar-refractivity contribution in [3.05, 3.63) is 65.4 Å². The largest absolute Gasteiger partial charge is 0.457 e. The van der Waals surface area contributed by atoms with Crippen LogP contribution in [0, 0.1) is 0 Å². The summed E-state index contributed by atoms with van der Waals surface area (Å²) in [4.78, 5) is 19.0. The summed E-state index contributed by atoms with van der Waals surface area (Å²) >= 11 is 1.62. The van der Waals surface area contributed by atoms with Crippen LogP contribution in [0.2, 0.25) is 0 Å². The third-order valence-corrected chi connectivity index (χ3v) is 8.77. The van der Waals surface area contributed by atoms with E-state index in [1.54, 1.807) is 11.3 Å². The second kappa shape index (κ2) is 11.3. The molecule has 0 spiro atoms. The van der Waals surface area contributed by atoms with Crippen molar-refractivity contribution in [2.24, 2.45) is 0 Å². The molecule has 8 nitrogen and oxygen atoms in total. The molecule has 0 aliphatic carbocycles. The van der Waals surface area contributed by atoms with Gasteiger partial charge in [-0.25, -0.2) is 4.98 Å². The molecule has 2 aromatic heterocycles. The molecule has 4 aromatic rings. The molecule has 0 bridgehead atoms. The number of likely N-dealkylation sites (tertiary alicyclic amines) is 1. The highest BCUT2D eigenvalue weighted by molar-refractivity contribution is 7.14. The molecule has 202 valence electrons. The quantitative estimate of drug-likeness (QED) is 0.293. The van der Waals surface area contributed by atoms with Crippen molar-refractivity contribution >= 4 is 17.2 Å². The maximum absolute atomic E-state index is 12.4. The molecule has 0 unspecified atom stereocenters. The standard InChI is InChI=1S/C30H34N6O2S/c1-20(2)29-33-34-30(39-29)21-7-9-25(10-8-21)38-26-18-22(5-6-23(26)19-35-16-3-4-27(35)37)28-32-15-17-36(28)24-11-13-31-14-12-24/h5-10,15,17-18,20,24,31H,3-4,11-14,16,19H2,1-2H3. The third-order valence-electron chi connectivity index (χ3n) is 7.49. The molecule has 9 heteroatoms. The Kier molecular flexibility index (Phi) is 7.43. The molecule has 2 fully saturated rings. The molecule has 39 heavy (non-hydrogen) atoms. The maximum atomic E-state index is 12.4. The van der Waals surface area contributed by atoms with Gasteiger partial charge in [-0.2, -0.15) is 0 Å². The first-order valence-corrected chi connectivity index (χ1v) is 14.6. The van der Waals surface area contributed by atoms with Crippen molar-refractivity contribution in [2.75, 3.05) is 19.6 Å². The van der Waals surface area contributed by atoms with Crippen LogP contribution in [0.1, 0.15) is 62.1 Å². The van der Waals surface area contributed by atoms with Crippen molar-refractivity contribution < 1.29 is 9.53 Å². The predicted octanol–water partition coefficient (Wildman–Crippen LogP) is 6.03. The van der Waals surface area contributed by atoms with Gasteiger partial charge in [0.1, 0.15) is 27.3 Å². The fraction of sp³-hybridized carbons (Fsp3) is 0.400. The normalized spacial score (nSPS) is 16.4. The number of imidazole rings is 1. The van der Waals surface area contributed by atoms with Crippen LogP contribution in [0.5, 0.6) is 11.5 Å². The first-order chi connectivity index (χ1) is 19.0. The zero-order chi connectivity index (χ0) is 26.8. The number of aromatic nitrogens is 4. The number of carbonyl (C=O) groups is 1. The average Bonchev–Trinajstić information content (AvgIpc) is 3.72. The minimum Gasteiger partial charge on any atom is -0.457 e. The number of nitrogens with zero attached hydrogens (tertiary/aromatic N) is 5. The van der Waals surface area contributed by atoms with E-state index in [0.717, 1.165) is 82.9 Å². The number of benzene rings is 2. The molecular formula is C30H34N6O2S. The first kappa shape index (κ1) is 25.7. The van der Waals surface area contributed by atoms with E-state index in [-0.39, 0.29) is 5.91 Å². The number of rotatable bonds is 8. The zero-order valence-electron chi connectivity index (χ0n) is 22.5.